The first-order valence-corrected chi connectivity index (χ1v) is 14.3. The summed E-state index contributed by atoms with van der Waals surface area (Å²) in [6.07, 6.45) is 12.5. The lowest BCUT2D eigenvalue weighted by molar-refractivity contribution is -0.129. The number of hydrogen-bond acceptors (Lipinski definition) is 5. The number of hydroxylamine groups is 1. The Balaban J connectivity index is 1.49. The fourth-order valence-electron chi connectivity index (χ4n) is 6.98. The molecule has 1 amide bonds. The molecule has 2 aliphatic rings. The number of carbonyl (C=O) groups excluding carboxylic acids is 1. The summed E-state index contributed by atoms with van der Waals surface area (Å²) in [6, 6.07) is 22.0. The summed E-state index contributed by atoms with van der Waals surface area (Å²) in [5.74, 6) is 5.87. The first-order chi connectivity index (χ1) is 18.6. The number of benzene rings is 2. The summed E-state index contributed by atoms with van der Waals surface area (Å²) in [5, 5.41) is 8.59. The Morgan fingerprint density at radius 2 is 1.58 bits per heavy atom. The van der Waals surface area contributed by atoms with Gasteiger partial charge in [0.25, 0.3) is 0 Å². The van der Waals surface area contributed by atoms with Crippen molar-refractivity contribution in [1.29, 1.82) is 0 Å². The zero-order valence-electron chi connectivity index (χ0n) is 22.6. The summed E-state index contributed by atoms with van der Waals surface area (Å²) in [4.78, 5) is 11.1. The number of unbranched alkanes of at least 4 members (excludes halogenated alkanes) is 6. The van der Waals surface area contributed by atoms with Crippen molar-refractivity contribution >= 4 is 17.1 Å². The molecule has 2 aliphatic carbocycles. The van der Waals surface area contributed by atoms with Gasteiger partial charge in [-0.05, 0) is 66.7 Å². The Labute approximate surface area is 227 Å². The van der Waals surface area contributed by atoms with E-state index in [1.807, 2.05) is 0 Å². The highest BCUT2D eigenvalue weighted by Crippen LogP contribution is 2.66. The van der Waals surface area contributed by atoms with Gasteiger partial charge in [0.2, 0.25) is 5.91 Å². The Morgan fingerprint density at radius 3 is 2.24 bits per heavy atom. The minimum atomic E-state index is -0.291. The first kappa shape index (κ1) is 28.2. The Kier molecular flexibility index (Phi) is 10.3. The molecule has 2 aromatic rings. The first-order valence-electron chi connectivity index (χ1n) is 14.3. The molecular weight excluding hydrogens is 472 g/mol. The molecule has 0 aromatic heterocycles. The fraction of sp³-hybridized carbons (Fsp3) is 0.469. The smallest absolute Gasteiger partial charge is 0.243 e. The predicted octanol–water partition coefficient (Wildman–Crippen LogP) is 6.31. The number of carbonyl (C=O) groups is 1. The average molecular weight is 517 g/mol. The van der Waals surface area contributed by atoms with Crippen LogP contribution in [0.15, 0.2) is 72.8 Å². The van der Waals surface area contributed by atoms with E-state index in [1.54, 1.807) is 11.1 Å². The molecule has 2 aromatic carbocycles. The third kappa shape index (κ3) is 6.26. The quantitative estimate of drug-likeness (QED) is 0.0827. The van der Waals surface area contributed by atoms with Gasteiger partial charge >= 0.3 is 0 Å². The van der Waals surface area contributed by atoms with Crippen molar-refractivity contribution in [3.05, 3.63) is 83.9 Å². The number of allylic oxidation sites excluding steroid dienone is 3. The molecule has 6 N–H and O–H groups in total. The summed E-state index contributed by atoms with van der Waals surface area (Å²) in [5.41, 5.74) is 14.6. The molecule has 0 bridgehead atoms. The van der Waals surface area contributed by atoms with Crippen LogP contribution in [0.4, 0.5) is 0 Å². The minimum Gasteiger partial charge on any atom is -0.289 e. The minimum absolute atomic E-state index is 0.104. The van der Waals surface area contributed by atoms with Crippen molar-refractivity contribution in [3.8, 4) is 0 Å². The zero-order chi connectivity index (χ0) is 26.8. The highest BCUT2D eigenvalue weighted by Gasteiger charge is 2.56. The molecule has 4 rings (SSSR count). The molecule has 0 spiro atoms. The van der Waals surface area contributed by atoms with Crippen LogP contribution in [0, 0.1) is 11.3 Å². The van der Waals surface area contributed by atoms with Crippen LogP contribution in [0.5, 0.6) is 0 Å². The summed E-state index contributed by atoms with van der Waals surface area (Å²) < 4.78 is 0. The van der Waals surface area contributed by atoms with E-state index in [9.17, 15) is 4.79 Å². The molecule has 3 atom stereocenters. The van der Waals surface area contributed by atoms with Crippen molar-refractivity contribution in [2.24, 2.45) is 17.2 Å². The molecule has 0 saturated heterocycles. The Bertz CT molecular complexity index is 1090. The summed E-state index contributed by atoms with van der Waals surface area (Å²) in [6.45, 7) is 4.75. The molecule has 204 valence electrons. The molecule has 1 saturated carbocycles. The molecule has 38 heavy (non-hydrogen) atoms. The molecule has 1 fully saturated rings. The van der Waals surface area contributed by atoms with Crippen LogP contribution >= 0.6 is 0 Å². The summed E-state index contributed by atoms with van der Waals surface area (Å²) >= 11 is 0. The highest BCUT2D eigenvalue weighted by atomic mass is 16.5. The molecular formula is C32H44N4O2. The van der Waals surface area contributed by atoms with E-state index in [2.05, 4.69) is 71.6 Å². The van der Waals surface area contributed by atoms with Crippen LogP contribution in [0.2, 0.25) is 0 Å². The third-order valence-electron chi connectivity index (χ3n) is 8.73. The van der Waals surface area contributed by atoms with Gasteiger partial charge in [0, 0.05) is 17.9 Å². The van der Waals surface area contributed by atoms with E-state index in [4.69, 9.17) is 17.6 Å². The second kappa shape index (κ2) is 13.9. The molecule has 6 nitrogen and oxygen atoms in total. The molecule has 6 heteroatoms. The normalized spacial score (nSPS) is 22.5. The highest BCUT2D eigenvalue weighted by molar-refractivity contribution is 5.90. The van der Waals surface area contributed by atoms with Gasteiger partial charge in [-0.3, -0.25) is 15.8 Å². The van der Waals surface area contributed by atoms with Gasteiger partial charge in [-0.15, -0.1) is 0 Å². The van der Waals surface area contributed by atoms with Crippen molar-refractivity contribution in [3.63, 3.8) is 0 Å². The SMILES string of the molecule is C=C(c1ccccc1)C12CCC(NNN)C1CC(CCCCCCCCCC(=O)NO)=C2c1ccccc1. The fourth-order valence-corrected chi connectivity index (χ4v) is 6.98. The van der Waals surface area contributed by atoms with Crippen molar-refractivity contribution in [2.75, 3.05) is 0 Å². The molecule has 0 aliphatic heterocycles. The second-order valence-corrected chi connectivity index (χ2v) is 10.9. The van der Waals surface area contributed by atoms with Crippen LogP contribution in [0.25, 0.3) is 11.1 Å². The van der Waals surface area contributed by atoms with Gasteiger partial charge < -0.3 is 0 Å². The van der Waals surface area contributed by atoms with E-state index in [1.165, 1.54) is 48.0 Å². The zero-order valence-corrected chi connectivity index (χ0v) is 22.6. The number of amides is 1. The second-order valence-electron chi connectivity index (χ2n) is 10.9. The van der Waals surface area contributed by atoms with Crippen molar-refractivity contribution in [2.45, 2.75) is 83.1 Å². The number of rotatable bonds is 15. The Hall–Kier alpha value is -2.77. The lowest BCUT2D eigenvalue weighted by Crippen LogP contribution is -2.48. The van der Waals surface area contributed by atoms with Crippen LogP contribution in [0.1, 0.15) is 88.2 Å². The monoisotopic (exact) mass is 516 g/mol. The number of fused-ring (bicyclic) bond motifs is 1. The lowest BCUT2D eigenvalue weighted by Gasteiger charge is -2.37. The van der Waals surface area contributed by atoms with Crippen LogP contribution < -0.4 is 22.3 Å². The van der Waals surface area contributed by atoms with E-state index < -0.39 is 0 Å². The number of nitrogens with two attached hydrogens (primary N) is 1. The van der Waals surface area contributed by atoms with E-state index >= 15 is 0 Å². The van der Waals surface area contributed by atoms with Gasteiger partial charge in [0.15, 0.2) is 0 Å². The predicted molar refractivity (Wildman–Crippen MR) is 154 cm³/mol. The number of hydrazine groups is 2. The van der Waals surface area contributed by atoms with E-state index in [-0.39, 0.29) is 11.3 Å². The maximum Gasteiger partial charge on any atom is 0.243 e. The molecule has 0 heterocycles. The Morgan fingerprint density at radius 1 is 0.947 bits per heavy atom. The maximum absolute atomic E-state index is 11.1. The lowest BCUT2D eigenvalue weighted by atomic mass is 9.66. The van der Waals surface area contributed by atoms with Gasteiger partial charge in [-0.1, -0.05) is 105 Å². The van der Waals surface area contributed by atoms with Gasteiger partial charge in [0.05, 0.1) is 0 Å². The van der Waals surface area contributed by atoms with Gasteiger partial charge in [-0.2, -0.15) is 5.53 Å². The van der Waals surface area contributed by atoms with Gasteiger partial charge in [-0.25, -0.2) is 10.9 Å². The number of nitrogens with one attached hydrogen (secondary N) is 3. The van der Waals surface area contributed by atoms with Crippen LogP contribution in [-0.4, -0.2) is 17.2 Å². The van der Waals surface area contributed by atoms with E-state index in [0.29, 0.717) is 18.4 Å². The molecule has 3 unspecified atom stereocenters. The standard InChI is InChI=1S/C32H44N4O2/c1-24(25-15-10-7-11-16-25)32-22-21-29(34-36-33)28(32)23-27(31(32)26-17-12-8-13-18-26)19-9-5-3-2-4-6-14-20-30(37)35-38/h7-8,10-13,15-18,28-29,34,36,38H,1-6,9,14,19-23,33H2,(H,35,37). The number of hydrogen-bond donors (Lipinski definition) is 5. The average Bonchev–Trinajstić information content (AvgIpc) is 3.47. The van der Waals surface area contributed by atoms with Gasteiger partial charge in [0.1, 0.15) is 0 Å². The van der Waals surface area contributed by atoms with E-state index in [0.717, 1.165) is 44.9 Å². The van der Waals surface area contributed by atoms with Crippen LogP contribution in [-0.2, 0) is 4.79 Å². The molecule has 0 radical (unpaired) electrons. The maximum atomic E-state index is 11.1. The summed E-state index contributed by atoms with van der Waals surface area (Å²) in [7, 11) is 0. The topological polar surface area (TPSA) is 99.4 Å². The van der Waals surface area contributed by atoms with Crippen LogP contribution in [0.3, 0.4) is 0 Å². The largest absolute Gasteiger partial charge is 0.289 e. The van der Waals surface area contributed by atoms with Crippen molar-refractivity contribution < 1.29 is 10.0 Å². The van der Waals surface area contributed by atoms with Crippen molar-refractivity contribution in [1.82, 2.24) is 16.4 Å². The third-order valence-corrected chi connectivity index (χ3v) is 8.73.